The molecule has 8 nitrogen and oxygen atoms in total. The number of ether oxygens (including phenoxy) is 2. The number of sulfonamides is 1. The van der Waals surface area contributed by atoms with Crippen molar-refractivity contribution in [2.75, 3.05) is 7.11 Å². The van der Waals surface area contributed by atoms with Crippen molar-refractivity contribution in [1.29, 1.82) is 0 Å². The summed E-state index contributed by atoms with van der Waals surface area (Å²) in [4.78, 5) is 27.0. The van der Waals surface area contributed by atoms with Crippen LogP contribution in [0.15, 0.2) is 34.3 Å². The van der Waals surface area contributed by atoms with E-state index in [9.17, 15) is 18.0 Å². The molecule has 4 aliphatic carbocycles. The average molecular weight is 615 g/mol. The highest BCUT2D eigenvalue weighted by Crippen LogP contribution is 2.68. The van der Waals surface area contributed by atoms with Gasteiger partial charge in [0.25, 0.3) is 10.0 Å². The van der Waals surface area contributed by atoms with Crippen LogP contribution in [0, 0.1) is 53.3 Å². The summed E-state index contributed by atoms with van der Waals surface area (Å²) < 4.78 is 36.9. The van der Waals surface area contributed by atoms with Crippen LogP contribution in [0.5, 0.6) is 0 Å². The van der Waals surface area contributed by atoms with Crippen LogP contribution >= 0.6 is 0 Å². The minimum absolute atomic E-state index is 0.0894. The number of carbonyl (C=O) groups excluding carboxylic acids is 2. The van der Waals surface area contributed by atoms with Gasteiger partial charge in [-0.2, -0.15) is 13.5 Å². The monoisotopic (exact) mass is 614 g/mol. The molecule has 4 saturated carbocycles. The standard InChI is InChI=1S/C34H50N2O6S/c1-21-7-10-26(11-8-21)43(39,40)36-35-25-15-17-33(4)24(19-25)20-30(42-23(3)37)32-28-13-12-27(22(2)9-14-31(38)41-6)34(28,5)18-16-29(32)33/h7-8,10-11,22,24,27-30,32,36H,9,12-20H2,1-6H3/t22-,24+,27-,28+,29+,30-,32+,33+,34-/m1/s1. The van der Waals surface area contributed by atoms with E-state index in [2.05, 4.69) is 30.7 Å². The second-order valence-electron chi connectivity index (χ2n) is 14.5. The van der Waals surface area contributed by atoms with E-state index in [0.717, 1.165) is 62.6 Å². The van der Waals surface area contributed by atoms with E-state index in [-0.39, 0.29) is 39.7 Å². The number of methoxy groups -OCH3 is 1. The summed E-state index contributed by atoms with van der Waals surface area (Å²) in [6.45, 7) is 10.6. The number of rotatable bonds is 8. The Morgan fingerprint density at radius 3 is 2.44 bits per heavy atom. The third kappa shape index (κ3) is 6.12. The quantitative estimate of drug-likeness (QED) is 0.267. The SMILES string of the molecule is COC(=O)CC[C@@H](C)[C@H]1CC[C@H]2[C@@H]3[C@H](OC(C)=O)C[C@@H]4CC(=NNS(=O)(=O)c5ccc(C)cc5)CC[C@]4(C)[C@H]3CC[C@]12C. The molecule has 0 spiro atoms. The maximum absolute atomic E-state index is 12.9. The number of hydrogen-bond acceptors (Lipinski definition) is 7. The van der Waals surface area contributed by atoms with Gasteiger partial charge in [0.1, 0.15) is 6.10 Å². The molecule has 0 amide bonds. The summed E-state index contributed by atoms with van der Waals surface area (Å²) in [5.74, 6) is 2.13. The second kappa shape index (κ2) is 12.2. The van der Waals surface area contributed by atoms with Crippen molar-refractivity contribution < 1.29 is 27.5 Å². The Bertz CT molecular complexity index is 1340. The second-order valence-corrected chi connectivity index (χ2v) is 16.1. The molecular formula is C34H50N2O6S. The first-order valence-electron chi connectivity index (χ1n) is 16.2. The Morgan fingerprint density at radius 1 is 1.07 bits per heavy atom. The van der Waals surface area contributed by atoms with Crippen LogP contribution in [0.4, 0.5) is 0 Å². The Hall–Kier alpha value is -2.42. The van der Waals surface area contributed by atoms with Gasteiger partial charge in [0.2, 0.25) is 0 Å². The van der Waals surface area contributed by atoms with Gasteiger partial charge in [-0.05, 0) is 117 Å². The fourth-order valence-electron chi connectivity index (χ4n) is 9.96. The molecule has 238 valence electrons. The number of benzene rings is 1. The Labute approximate surface area is 257 Å². The maximum Gasteiger partial charge on any atom is 0.305 e. The molecule has 0 bridgehead atoms. The first-order chi connectivity index (χ1) is 20.3. The summed E-state index contributed by atoms with van der Waals surface area (Å²) in [6, 6.07) is 6.77. The topological polar surface area (TPSA) is 111 Å². The van der Waals surface area contributed by atoms with Crippen molar-refractivity contribution in [2.45, 2.75) is 110 Å². The minimum atomic E-state index is -3.74. The van der Waals surface area contributed by atoms with Crippen LogP contribution in [0.25, 0.3) is 0 Å². The Morgan fingerprint density at radius 2 is 1.77 bits per heavy atom. The first kappa shape index (κ1) is 32.0. The maximum atomic E-state index is 12.9. The van der Waals surface area contributed by atoms with Crippen LogP contribution in [-0.2, 0) is 29.1 Å². The fraction of sp³-hybridized carbons (Fsp3) is 0.735. The molecule has 0 aromatic heterocycles. The predicted molar refractivity (Wildman–Crippen MR) is 166 cm³/mol. The van der Waals surface area contributed by atoms with Gasteiger partial charge in [0.05, 0.1) is 12.0 Å². The highest BCUT2D eigenvalue weighted by Gasteiger charge is 2.63. The zero-order chi connectivity index (χ0) is 31.2. The first-order valence-corrected chi connectivity index (χ1v) is 17.6. The van der Waals surface area contributed by atoms with Crippen LogP contribution in [0.1, 0.15) is 97.5 Å². The van der Waals surface area contributed by atoms with Crippen molar-refractivity contribution in [3.05, 3.63) is 29.8 Å². The molecule has 0 saturated heterocycles. The van der Waals surface area contributed by atoms with Gasteiger partial charge in [0, 0.05) is 25.0 Å². The van der Waals surface area contributed by atoms with E-state index in [1.165, 1.54) is 14.0 Å². The molecule has 9 atom stereocenters. The Kier molecular flexibility index (Phi) is 9.05. The fourth-order valence-corrected chi connectivity index (χ4v) is 10.8. The zero-order valence-electron chi connectivity index (χ0n) is 26.7. The number of esters is 2. The molecular weight excluding hydrogens is 564 g/mol. The van der Waals surface area contributed by atoms with Gasteiger partial charge < -0.3 is 9.47 Å². The van der Waals surface area contributed by atoms with E-state index in [1.54, 1.807) is 24.3 Å². The van der Waals surface area contributed by atoms with Gasteiger partial charge in [-0.15, -0.1) is 0 Å². The number of carbonyl (C=O) groups is 2. The molecule has 4 aliphatic rings. The number of hydrogen-bond donors (Lipinski definition) is 1. The van der Waals surface area contributed by atoms with Crippen molar-refractivity contribution in [3.63, 3.8) is 0 Å². The molecule has 0 heterocycles. The third-order valence-electron chi connectivity index (χ3n) is 12.3. The molecule has 9 heteroatoms. The lowest BCUT2D eigenvalue weighted by molar-refractivity contribution is -0.185. The van der Waals surface area contributed by atoms with E-state index in [1.807, 2.05) is 6.92 Å². The van der Waals surface area contributed by atoms with Crippen molar-refractivity contribution >= 4 is 27.7 Å². The number of nitrogens with zero attached hydrogens (tertiary/aromatic N) is 1. The van der Waals surface area contributed by atoms with E-state index in [0.29, 0.717) is 42.4 Å². The molecule has 43 heavy (non-hydrogen) atoms. The van der Waals surface area contributed by atoms with E-state index in [4.69, 9.17) is 9.47 Å². The van der Waals surface area contributed by atoms with Crippen molar-refractivity contribution in [3.8, 4) is 0 Å². The highest BCUT2D eigenvalue weighted by molar-refractivity contribution is 7.89. The molecule has 0 unspecified atom stereocenters. The third-order valence-corrected chi connectivity index (χ3v) is 13.5. The summed E-state index contributed by atoms with van der Waals surface area (Å²) in [6.07, 6.45) is 8.93. The minimum Gasteiger partial charge on any atom is -0.469 e. The van der Waals surface area contributed by atoms with E-state index >= 15 is 0 Å². The number of hydrazone groups is 1. The Balaban J connectivity index is 1.35. The van der Waals surface area contributed by atoms with Crippen LogP contribution < -0.4 is 4.83 Å². The predicted octanol–water partition coefficient (Wildman–Crippen LogP) is 6.42. The number of fused-ring (bicyclic) bond motifs is 5. The van der Waals surface area contributed by atoms with Gasteiger partial charge in [-0.1, -0.05) is 38.5 Å². The average Bonchev–Trinajstić information content (AvgIpc) is 3.32. The van der Waals surface area contributed by atoms with Crippen molar-refractivity contribution in [2.24, 2.45) is 51.4 Å². The van der Waals surface area contributed by atoms with Crippen LogP contribution in [-0.4, -0.2) is 39.3 Å². The van der Waals surface area contributed by atoms with Gasteiger partial charge in [0.15, 0.2) is 0 Å². The lowest BCUT2D eigenvalue weighted by Crippen LogP contribution is -2.59. The lowest BCUT2D eigenvalue weighted by atomic mass is 9.43. The molecule has 1 N–H and O–H groups in total. The van der Waals surface area contributed by atoms with Crippen molar-refractivity contribution in [1.82, 2.24) is 4.83 Å². The molecule has 4 fully saturated rings. The normalized spacial score (nSPS) is 37.0. The molecule has 5 rings (SSSR count). The largest absolute Gasteiger partial charge is 0.469 e. The van der Waals surface area contributed by atoms with Gasteiger partial charge in [-0.3, -0.25) is 9.59 Å². The zero-order valence-corrected chi connectivity index (χ0v) is 27.5. The summed E-state index contributed by atoms with van der Waals surface area (Å²) in [5, 5.41) is 4.43. The number of nitrogens with one attached hydrogen (secondary N) is 1. The smallest absolute Gasteiger partial charge is 0.305 e. The summed E-state index contributed by atoms with van der Waals surface area (Å²) >= 11 is 0. The molecule has 1 aromatic rings. The lowest BCUT2D eigenvalue weighted by Gasteiger charge is -2.62. The summed E-state index contributed by atoms with van der Waals surface area (Å²) in [7, 11) is -2.28. The van der Waals surface area contributed by atoms with Crippen LogP contribution in [0.2, 0.25) is 0 Å². The van der Waals surface area contributed by atoms with Gasteiger partial charge >= 0.3 is 11.9 Å². The summed E-state index contributed by atoms with van der Waals surface area (Å²) in [5.41, 5.74) is 2.12. The molecule has 1 aromatic carbocycles. The number of aryl methyl sites for hydroxylation is 1. The van der Waals surface area contributed by atoms with E-state index < -0.39 is 10.0 Å². The highest BCUT2D eigenvalue weighted by atomic mass is 32.2. The van der Waals surface area contributed by atoms with Gasteiger partial charge in [-0.25, -0.2) is 4.83 Å². The molecule has 0 radical (unpaired) electrons. The molecule has 0 aliphatic heterocycles. The van der Waals surface area contributed by atoms with Crippen LogP contribution in [0.3, 0.4) is 0 Å².